The smallest absolute Gasteiger partial charge is 0.274 e. The molecule has 0 fully saturated rings. The molecule has 0 spiro atoms. The first kappa shape index (κ1) is 20.6. The number of anilines is 2. The molecular formula is C22H28N4O3. The number of methoxy groups -OCH3 is 2. The molecule has 1 aliphatic carbocycles. The summed E-state index contributed by atoms with van der Waals surface area (Å²) < 4.78 is 10.5. The van der Waals surface area contributed by atoms with Crippen molar-refractivity contribution in [3.8, 4) is 11.5 Å². The van der Waals surface area contributed by atoms with Gasteiger partial charge < -0.3 is 20.1 Å². The predicted octanol–water partition coefficient (Wildman–Crippen LogP) is 4.36. The standard InChI is InChI=1S/C22H28N4O3/c1-15-24-19(14-21(25-15)23-12-11-16-7-5-4-6-8-16)22(27)26-18-13-17(28-2)9-10-20(18)29-3/h7,9-10,13-14H,4-6,8,11-12H2,1-3H3,(H,26,27)(H,23,24,25). The van der Waals surface area contributed by atoms with E-state index < -0.39 is 0 Å². The monoisotopic (exact) mass is 396 g/mol. The fourth-order valence-corrected chi connectivity index (χ4v) is 3.36. The number of benzene rings is 1. The van der Waals surface area contributed by atoms with Crippen molar-refractivity contribution in [3.63, 3.8) is 0 Å². The molecule has 0 bridgehead atoms. The molecule has 3 rings (SSSR count). The van der Waals surface area contributed by atoms with Gasteiger partial charge in [0.05, 0.1) is 19.9 Å². The van der Waals surface area contributed by atoms with Crippen LogP contribution in [-0.4, -0.2) is 36.6 Å². The highest BCUT2D eigenvalue weighted by atomic mass is 16.5. The Morgan fingerprint density at radius 3 is 2.72 bits per heavy atom. The number of carbonyl (C=O) groups is 1. The zero-order valence-electron chi connectivity index (χ0n) is 17.2. The summed E-state index contributed by atoms with van der Waals surface area (Å²) in [4.78, 5) is 21.5. The van der Waals surface area contributed by atoms with Gasteiger partial charge in [-0.25, -0.2) is 9.97 Å². The number of nitrogens with one attached hydrogen (secondary N) is 2. The molecule has 0 radical (unpaired) electrons. The van der Waals surface area contributed by atoms with E-state index in [-0.39, 0.29) is 5.91 Å². The summed E-state index contributed by atoms with van der Waals surface area (Å²) in [6, 6.07) is 6.89. The van der Waals surface area contributed by atoms with Gasteiger partial charge in [-0.2, -0.15) is 0 Å². The normalized spacial score (nSPS) is 13.4. The summed E-state index contributed by atoms with van der Waals surface area (Å²) in [5, 5.41) is 6.16. The minimum Gasteiger partial charge on any atom is -0.497 e. The zero-order valence-corrected chi connectivity index (χ0v) is 17.2. The second-order valence-corrected chi connectivity index (χ2v) is 6.99. The number of nitrogens with zero attached hydrogens (tertiary/aromatic N) is 2. The van der Waals surface area contributed by atoms with Gasteiger partial charge in [0.2, 0.25) is 0 Å². The summed E-state index contributed by atoms with van der Waals surface area (Å²) in [5.41, 5.74) is 2.31. The van der Waals surface area contributed by atoms with Gasteiger partial charge in [-0.05, 0) is 51.2 Å². The SMILES string of the molecule is COc1ccc(OC)c(NC(=O)c2cc(NCCC3=CCCCC3)nc(C)n2)c1. The van der Waals surface area contributed by atoms with Gasteiger partial charge in [0, 0.05) is 18.7 Å². The van der Waals surface area contributed by atoms with Gasteiger partial charge in [-0.1, -0.05) is 11.6 Å². The lowest BCUT2D eigenvalue weighted by molar-refractivity contribution is 0.102. The topological polar surface area (TPSA) is 85.4 Å². The molecule has 0 saturated carbocycles. The number of allylic oxidation sites excluding steroid dienone is 1. The lowest BCUT2D eigenvalue weighted by Crippen LogP contribution is -2.16. The fourth-order valence-electron chi connectivity index (χ4n) is 3.36. The molecule has 2 aromatic rings. The number of hydrogen-bond acceptors (Lipinski definition) is 6. The van der Waals surface area contributed by atoms with Crippen molar-refractivity contribution < 1.29 is 14.3 Å². The Labute approximate surface area is 171 Å². The molecule has 0 unspecified atom stereocenters. The highest BCUT2D eigenvalue weighted by molar-refractivity contribution is 6.04. The van der Waals surface area contributed by atoms with Crippen LogP contribution in [0.4, 0.5) is 11.5 Å². The molecular weight excluding hydrogens is 368 g/mol. The zero-order chi connectivity index (χ0) is 20.6. The molecule has 0 atom stereocenters. The van der Waals surface area contributed by atoms with Crippen molar-refractivity contribution in [3.05, 3.63) is 47.4 Å². The van der Waals surface area contributed by atoms with Gasteiger partial charge in [0.1, 0.15) is 28.8 Å². The Balaban J connectivity index is 1.68. The summed E-state index contributed by atoms with van der Waals surface area (Å²) in [6.07, 6.45) is 8.26. The number of rotatable bonds is 8. The number of aryl methyl sites for hydroxylation is 1. The molecule has 7 nitrogen and oxygen atoms in total. The number of hydrogen-bond donors (Lipinski definition) is 2. The third-order valence-electron chi connectivity index (χ3n) is 4.86. The van der Waals surface area contributed by atoms with Crippen molar-refractivity contribution in [1.82, 2.24) is 9.97 Å². The molecule has 29 heavy (non-hydrogen) atoms. The average Bonchev–Trinajstić information content (AvgIpc) is 2.74. The Morgan fingerprint density at radius 2 is 2.00 bits per heavy atom. The first-order valence-corrected chi connectivity index (χ1v) is 9.90. The van der Waals surface area contributed by atoms with Gasteiger partial charge in [-0.3, -0.25) is 4.79 Å². The second kappa shape index (κ2) is 9.91. The van der Waals surface area contributed by atoms with Crippen molar-refractivity contribution >= 4 is 17.4 Å². The fraction of sp³-hybridized carbons (Fsp3) is 0.409. The van der Waals surface area contributed by atoms with Crippen LogP contribution in [0.5, 0.6) is 11.5 Å². The van der Waals surface area contributed by atoms with Crippen LogP contribution in [0.3, 0.4) is 0 Å². The quantitative estimate of drug-likeness (QED) is 0.645. The molecule has 0 aliphatic heterocycles. The Hall–Kier alpha value is -3.09. The maximum Gasteiger partial charge on any atom is 0.274 e. The largest absolute Gasteiger partial charge is 0.497 e. The Kier molecular flexibility index (Phi) is 7.05. The van der Waals surface area contributed by atoms with Crippen LogP contribution >= 0.6 is 0 Å². The van der Waals surface area contributed by atoms with E-state index in [1.807, 2.05) is 0 Å². The first-order chi connectivity index (χ1) is 14.1. The Morgan fingerprint density at radius 1 is 1.14 bits per heavy atom. The van der Waals surface area contributed by atoms with Crippen molar-refractivity contribution in [2.75, 3.05) is 31.4 Å². The highest BCUT2D eigenvalue weighted by Gasteiger charge is 2.14. The first-order valence-electron chi connectivity index (χ1n) is 9.90. The molecule has 1 aromatic heterocycles. The number of carbonyl (C=O) groups excluding carboxylic acids is 1. The van der Waals surface area contributed by atoms with E-state index in [4.69, 9.17) is 9.47 Å². The van der Waals surface area contributed by atoms with E-state index in [9.17, 15) is 4.79 Å². The van der Waals surface area contributed by atoms with Crippen LogP contribution in [0.2, 0.25) is 0 Å². The lowest BCUT2D eigenvalue weighted by Gasteiger charge is -2.14. The maximum absolute atomic E-state index is 12.8. The summed E-state index contributed by atoms with van der Waals surface area (Å²) in [6.45, 7) is 2.56. The average molecular weight is 396 g/mol. The van der Waals surface area contributed by atoms with Crippen LogP contribution in [-0.2, 0) is 0 Å². The lowest BCUT2D eigenvalue weighted by atomic mass is 9.97. The van der Waals surface area contributed by atoms with Gasteiger partial charge in [0.15, 0.2) is 0 Å². The molecule has 0 saturated heterocycles. The number of aromatic nitrogens is 2. The van der Waals surface area contributed by atoms with Crippen molar-refractivity contribution in [1.29, 1.82) is 0 Å². The molecule has 1 aromatic carbocycles. The Bertz CT molecular complexity index is 896. The van der Waals surface area contributed by atoms with Crippen LogP contribution < -0.4 is 20.1 Å². The van der Waals surface area contributed by atoms with Crippen molar-refractivity contribution in [2.24, 2.45) is 0 Å². The molecule has 2 N–H and O–H groups in total. The molecule has 7 heteroatoms. The van der Waals surface area contributed by atoms with Gasteiger partial charge >= 0.3 is 0 Å². The van der Waals surface area contributed by atoms with E-state index in [1.165, 1.54) is 31.3 Å². The van der Waals surface area contributed by atoms with Crippen LogP contribution in [0.1, 0.15) is 48.4 Å². The summed E-state index contributed by atoms with van der Waals surface area (Å²) >= 11 is 0. The van der Waals surface area contributed by atoms with Crippen molar-refractivity contribution in [2.45, 2.75) is 39.0 Å². The van der Waals surface area contributed by atoms with E-state index in [1.54, 1.807) is 45.4 Å². The van der Waals surface area contributed by atoms with E-state index in [0.717, 1.165) is 13.0 Å². The third-order valence-corrected chi connectivity index (χ3v) is 4.86. The third kappa shape index (κ3) is 5.70. The molecule has 154 valence electrons. The summed E-state index contributed by atoms with van der Waals surface area (Å²) in [5.74, 6) is 2.02. The summed E-state index contributed by atoms with van der Waals surface area (Å²) in [7, 11) is 3.12. The van der Waals surface area contributed by atoms with Gasteiger partial charge in [0.25, 0.3) is 5.91 Å². The van der Waals surface area contributed by atoms with E-state index in [2.05, 4.69) is 26.7 Å². The number of amides is 1. The predicted molar refractivity (Wildman–Crippen MR) is 114 cm³/mol. The minimum absolute atomic E-state index is 0.293. The van der Waals surface area contributed by atoms with E-state index in [0.29, 0.717) is 34.5 Å². The second-order valence-electron chi connectivity index (χ2n) is 6.99. The minimum atomic E-state index is -0.333. The molecule has 1 heterocycles. The van der Waals surface area contributed by atoms with Gasteiger partial charge in [-0.15, -0.1) is 0 Å². The maximum atomic E-state index is 12.8. The number of ether oxygens (including phenoxy) is 2. The molecule has 1 aliphatic rings. The van der Waals surface area contributed by atoms with Crippen LogP contribution in [0.15, 0.2) is 35.9 Å². The van der Waals surface area contributed by atoms with E-state index >= 15 is 0 Å². The molecule has 1 amide bonds. The van der Waals surface area contributed by atoms with Crippen LogP contribution in [0.25, 0.3) is 0 Å². The highest BCUT2D eigenvalue weighted by Crippen LogP contribution is 2.29. The van der Waals surface area contributed by atoms with Crippen LogP contribution in [0, 0.1) is 6.92 Å².